The molecule has 0 radical (unpaired) electrons. The molecule has 3 aromatic heterocycles. The van der Waals surface area contributed by atoms with Crippen LogP contribution in [0.5, 0.6) is 0 Å². The molecule has 0 spiro atoms. The molecular weight excluding hydrogens is 440 g/mol. The monoisotopic (exact) mass is 468 g/mol. The van der Waals surface area contributed by atoms with Crippen molar-refractivity contribution in [2.24, 2.45) is 0 Å². The molecule has 176 valence electrons. The third-order valence-corrected chi connectivity index (χ3v) is 7.75. The van der Waals surface area contributed by atoms with Crippen molar-refractivity contribution in [3.05, 3.63) is 115 Å². The van der Waals surface area contributed by atoms with Gasteiger partial charge in [-0.1, -0.05) is 66.7 Å². The van der Waals surface area contributed by atoms with Gasteiger partial charge in [-0.3, -0.25) is 9.30 Å². The molecule has 0 N–H and O–H groups in total. The SMILES string of the molecule is CC1c2c(c3ccccc3n2-c2cccc(-c3c(-c4ccccc4)nc4ccccn34)c2)CCN1C. The Labute approximate surface area is 211 Å². The van der Waals surface area contributed by atoms with Gasteiger partial charge in [0.25, 0.3) is 0 Å². The number of hydrogen-bond donors (Lipinski definition) is 0. The van der Waals surface area contributed by atoms with Crippen LogP contribution in [0.25, 0.3) is 44.8 Å². The molecular formula is C32H28N4. The summed E-state index contributed by atoms with van der Waals surface area (Å²) in [7, 11) is 2.23. The fourth-order valence-electron chi connectivity index (χ4n) is 5.86. The second kappa shape index (κ2) is 8.21. The molecule has 1 unspecified atom stereocenters. The molecule has 1 atom stereocenters. The van der Waals surface area contributed by atoms with Crippen LogP contribution in [0, 0.1) is 0 Å². The van der Waals surface area contributed by atoms with Crippen molar-refractivity contribution in [1.29, 1.82) is 0 Å². The number of benzene rings is 3. The van der Waals surface area contributed by atoms with Gasteiger partial charge in [0.1, 0.15) is 5.65 Å². The highest BCUT2D eigenvalue weighted by molar-refractivity contribution is 5.89. The van der Waals surface area contributed by atoms with Crippen molar-refractivity contribution < 1.29 is 0 Å². The lowest BCUT2D eigenvalue weighted by atomic mass is 9.98. The van der Waals surface area contributed by atoms with E-state index in [0.29, 0.717) is 6.04 Å². The van der Waals surface area contributed by atoms with Gasteiger partial charge in [-0.15, -0.1) is 0 Å². The van der Waals surface area contributed by atoms with E-state index in [9.17, 15) is 0 Å². The first-order valence-corrected chi connectivity index (χ1v) is 12.7. The lowest BCUT2D eigenvalue weighted by Crippen LogP contribution is -2.31. The molecule has 4 heterocycles. The number of nitrogens with zero attached hydrogens (tertiary/aromatic N) is 4. The molecule has 4 nitrogen and oxygen atoms in total. The van der Waals surface area contributed by atoms with Gasteiger partial charge in [0, 0.05) is 46.7 Å². The van der Waals surface area contributed by atoms with E-state index in [-0.39, 0.29) is 0 Å². The minimum Gasteiger partial charge on any atom is -0.312 e. The second-order valence-electron chi connectivity index (χ2n) is 9.78. The summed E-state index contributed by atoms with van der Waals surface area (Å²) in [5, 5.41) is 1.37. The fourth-order valence-corrected chi connectivity index (χ4v) is 5.86. The molecule has 1 aliphatic heterocycles. The summed E-state index contributed by atoms with van der Waals surface area (Å²) in [6.45, 7) is 3.42. The number of pyridine rings is 1. The highest BCUT2D eigenvalue weighted by Gasteiger charge is 2.28. The van der Waals surface area contributed by atoms with Crippen LogP contribution in [-0.4, -0.2) is 32.4 Å². The zero-order chi connectivity index (χ0) is 24.2. The summed E-state index contributed by atoms with van der Waals surface area (Å²) < 4.78 is 4.70. The fraction of sp³-hybridized carbons (Fsp3) is 0.156. The number of rotatable bonds is 3. The third kappa shape index (κ3) is 3.15. The lowest BCUT2D eigenvalue weighted by Gasteiger charge is -2.32. The first-order valence-electron chi connectivity index (χ1n) is 12.7. The van der Waals surface area contributed by atoms with E-state index in [1.807, 2.05) is 6.07 Å². The zero-order valence-electron chi connectivity index (χ0n) is 20.6. The van der Waals surface area contributed by atoms with Gasteiger partial charge >= 0.3 is 0 Å². The van der Waals surface area contributed by atoms with Crippen molar-refractivity contribution in [3.8, 4) is 28.2 Å². The molecule has 6 aromatic rings. The second-order valence-corrected chi connectivity index (χ2v) is 9.78. The van der Waals surface area contributed by atoms with Crippen molar-refractivity contribution >= 4 is 16.6 Å². The predicted octanol–water partition coefficient (Wildman–Crippen LogP) is 7.16. The maximum absolute atomic E-state index is 5.04. The third-order valence-electron chi connectivity index (χ3n) is 7.75. The Bertz CT molecular complexity index is 1720. The summed E-state index contributed by atoms with van der Waals surface area (Å²) in [6.07, 6.45) is 3.19. The summed E-state index contributed by atoms with van der Waals surface area (Å²) in [5.74, 6) is 0. The van der Waals surface area contributed by atoms with Gasteiger partial charge < -0.3 is 4.57 Å². The molecule has 3 aromatic carbocycles. The van der Waals surface area contributed by atoms with Crippen LogP contribution in [0.15, 0.2) is 103 Å². The van der Waals surface area contributed by atoms with Gasteiger partial charge in [0.05, 0.1) is 16.9 Å². The molecule has 0 saturated heterocycles. The average Bonchev–Trinajstić information content (AvgIpc) is 3.48. The number of likely N-dealkylation sites (N-methyl/N-ethyl adjacent to an activating group) is 1. The normalized spacial score (nSPS) is 16.0. The quantitative estimate of drug-likeness (QED) is 0.275. The number of fused-ring (bicyclic) bond motifs is 4. The van der Waals surface area contributed by atoms with Gasteiger partial charge in [-0.25, -0.2) is 4.98 Å². The summed E-state index contributed by atoms with van der Waals surface area (Å²) in [4.78, 5) is 7.50. The van der Waals surface area contributed by atoms with Gasteiger partial charge in [0.2, 0.25) is 0 Å². The van der Waals surface area contributed by atoms with E-state index < -0.39 is 0 Å². The molecule has 7 rings (SSSR count). The maximum Gasteiger partial charge on any atom is 0.137 e. The Hall–Kier alpha value is -4.15. The van der Waals surface area contributed by atoms with Crippen LogP contribution in [0.4, 0.5) is 0 Å². The van der Waals surface area contributed by atoms with Crippen LogP contribution in [0.3, 0.4) is 0 Å². The van der Waals surface area contributed by atoms with Crippen molar-refractivity contribution in [1.82, 2.24) is 18.9 Å². The van der Waals surface area contributed by atoms with Crippen LogP contribution in [0.2, 0.25) is 0 Å². The molecule has 0 bridgehead atoms. The number of para-hydroxylation sites is 1. The summed E-state index contributed by atoms with van der Waals surface area (Å²) >= 11 is 0. The standard InChI is InChI=1S/C32H28N4/c1-22-31-27(18-20-34(22)2)26-15-6-7-16-28(26)36(31)25-14-10-13-24(21-25)32-30(23-11-4-3-5-12-23)33-29-17-8-9-19-35(29)32/h3-17,19,21-22H,18,20H2,1-2H3. The molecule has 4 heteroatoms. The zero-order valence-corrected chi connectivity index (χ0v) is 20.6. The number of imidazole rings is 1. The molecule has 1 aliphatic rings. The van der Waals surface area contributed by atoms with Gasteiger partial charge in [-0.2, -0.15) is 0 Å². The molecule has 0 aliphatic carbocycles. The van der Waals surface area contributed by atoms with Crippen LogP contribution in [0.1, 0.15) is 24.2 Å². The van der Waals surface area contributed by atoms with Crippen molar-refractivity contribution in [2.45, 2.75) is 19.4 Å². The highest BCUT2D eigenvalue weighted by Crippen LogP contribution is 2.40. The van der Waals surface area contributed by atoms with Crippen molar-refractivity contribution in [3.63, 3.8) is 0 Å². The molecule has 0 fully saturated rings. The Morgan fingerprint density at radius 1 is 0.806 bits per heavy atom. The van der Waals surface area contributed by atoms with Crippen LogP contribution in [-0.2, 0) is 6.42 Å². The minimum absolute atomic E-state index is 0.348. The lowest BCUT2D eigenvalue weighted by molar-refractivity contribution is 0.241. The van der Waals surface area contributed by atoms with E-state index >= 15 is 0 Å². The largest absolute Gasteiger partial charge is 0.312 e. The van der Waals surface area contributed by atoms with E-state index in [0.717, 1.165) is 41.1 Å². The van der Waals surface area contributed by atoms with Crippen LogP contribution < -0.4 is 0 Å². The number of hydrogen-bond acceptors (Lipinski definition) is 2. The first-order chi connectivity index (χ1) is 17.7. The van der Waals surface area contributed by atoms with E-state index in [4.69, 9.17) is 4.98 Å². The highest BCUT2D eigenvalue weighted by atomic mass is 15.2. The Balaban J connectivity index is 1.49. The smallest absolute Gasteiger partial charge is 0.137 e. The Morgan fingerprint density at radius 2 is 1.58 bits per heavy atom. The molecule has 0 saturated carbocycles. The predicted molar refractivity (Wildman–Crippen MR) is 148 cm³/mol. The van der Waals surface area contributed by atoms with E-state index in [1.165, 1.54) is 27.8 Å². The van der Waals surface area contributed by atoms with Crippen molar-refractivity contribution in [2.75, 3.05) is 13.6 Å². The Morgan fingerprint density at radius 3 is 2.47 bits per heavy atom. The Kier molecular flexibility index (Phi) is 4.83. The van der Waals surface area contributed by atoms with Gasteiger partial charge in [0.15, 0.2) is 0 Å². The minimum atomic E-state index is 0.348. The van der Waals surface area contributed by atoms with E-state index in [1.54, 1.807) is 0 Å². The average molecular weight is 469 g/mol. The van der Waals surface area contributed by atoms with E-state index in [2.05, 4.69) is 125 Å². The molecule has 36 heavy (non-hydrogen) atoms. The first kappa shape index (κ1) is 21.2. The van der Waals surface area contributed by atoms with Gasteiger partial charge in [-0.05, 0) is 56.3 Å². The molecule has 0 amide bonds. The topological polar surface area (TPSA) is 25.5 Å². The summed E-state index contributed by atoms with van der Waals surface area (Å²) in [6, 6.07) is 34.9. The maximum atomic E-state index is 5.04. The number of aromatic nitrogens is 3. The summed E-state index contributed by atoms with van der Waals surface area (Å²) in [5.41, 5.74) is 10.7. The van der Waals surface area contributed by atoms with Crippen LogP contribution >= 0.6 is 0 Å².